The van der Waals surface area contributed by atoms with Gasteiger partial charge in [-0.3, -0.25) is 9.69 Å². The van der Waals surface area contributed by atoms with Crippen LogP contribution in [0.3, 0.4) is 0 Å². The maximum atomic E-state index is 12.8. The van der Waals surface area contributed by atoms with Crippen molar-refractivity contribution in [3.05, 3.63) is 77.2 Å². The van der Waals surface area contributed by atoms with Crippen molar-refractivity contribution in [2.45, 2.75) is 32.6 Å². The first-order valence-electron chi connectivity index (χ1n) is 9.99. The van der Waals surface area contributed by atoms with Crippen LogP contribution in [0.15, 0.2) is 66.0 Å². The maximum Gasteiger partial charge on any atom is 0.255 e. The third-order valence-electron chi connectivity index (χ3n) is 5.08. The van der Waals surface area contributed by atoms with Crippen LogP contribution in [0.4, 0.5) is 5.69 Å². The highest BCUT2D eigenvalue weighted by Crippen LogP contribution is 2.31. The lowest BCUT2D eigenvalue weighted by Crippen LogP contribution is -2.44. The molecule has 4 rings (SSSR count). The summed E-state index contributed by atoms with van der Waals surface area (Å²) in [5, 5.41) is 5.11. The fourth-order valence-corrected chi connectivity index (χ4v) is 4.63. The summed E-state index contributed by atoms with van der Waals surface area (Å²) in [5.74, 6) is -0.0887. The van der Waals surface area contributed by atoms with Gasteiger partial charge in [0, 0.05) is 41.3 Å². The van der Waals surface area contributed by atoms with E-state index in [9.17, 15) is 4.79 Å². The van der Waals surface area contributed by atoms with Gasteiger partial charge in [-0.1, -0.05) is 36.4 Å². The number of nitrogens with zero attached hydrogens (tertiary/aromatic N) is 1. The zero-order valence-electron chi connectivity index (χ0n) is 16.8. The first-order valence-corrected chi connectivity index (χ1v) is 10.9. The number of morpholine rings is 1. The Kier molecular flexibility index (Phi) is 6.09. The SMILES string of the molecule is C[C@@H]1CN(Cc2ccc(C(=O)Nc3ccccc3-c3cccs3)cc2)C[C@H](C)O1. The number of carbonyl (C=O) groups is 1. The summed E-state index contributed by atoms with van der Waals surface area (Å²) in [6.45, 7) is 6.98. The third-order valence-corrected chi connectivity index (χ3v) is 5.98. The number of para-hydroxylation sites is 1. The summed E-state index contributed by atoms with van der Waals surface area (Å²) in [7, 11) is 0. The van der Waals surface area contributed by atoms with Crippen LogP contribution >= 0.6 is 11.3 Å². The Morgan fingerprint density at radius 3 is 2.45 bits per heavy atom. The van der Waals surface area contributed by atoms with E-state index in [1.165, 1.54) is 5.56 Å². The van der Waals surface area contributed by atoms with Gasteiger partial charge in [0.1, 0.15) is 0 Å². The number of nitrogens with one attached hydrogen (secondary N) is 1. The Balaban J connectivity index is 1.43. The monoisotopic (exact) mass is 406 g/mol. The minimum atomic E-state index is -0.0887. The van der Waals surface area contributed by atoms with E-state index in [0.717, 1.165) is 35.8 Å². The molecule has 1 saturated heterocycles. The Morgan fingerprint density at radius 1 is 1.03 bits per heavy atom. The number of benzene rings is 2. The first-order chi connectivity index (χ1) is 14.1. The molecule has 0 bridgehead atoms. The van der Waals surface area contributed by atoms with Gasteiger partial charge >= 0.3 is 0 Å². The molecule has 0 spiro atoms. The quantitative estimate of drug-likeness (QED) is 0.627. The normalized spacial score (nSPS) is 19.8. The van der Waals surface area contributed by atoms with Crippen LogP contribution in [0.5, 0.6) is 0 Å². The fraction of sp³-hybridized carbons (Fsp3) is 0.292. The minimum Gasteiger partial charge on any atom is -0.373 e. The number of anilines is 1. The van der Waals surface area contributed by atoms with Crippen molar-refractivity contribution in [2.75, 3.05) is 18.4 Å². The zero-order valence-corrected chi connectivity index (χ0v) is 17.6. The standard InChI is InChI=1S/C24H26N2O2S/c1-17-14-26(15-18(2)28-17)16-19-9-11-20(12-10-19)24(27)25-22-7-4-3-6-21(22)23-8-5-13-29-23/h3-13,17-18H,14-16H2,1-2H3,(H,25,27)/t17-,18+. The van der Waals surface area contributed by atoms with Crippen molar-refractivity contribution in [3.63, 3.8) is 0 Å². The zero-order chi connectivity index (χ0) is 20.2. The molecule has 1 amide bonds. The highest BCUT2D eigenvalue weighted by molar-refractivity contribution is 7.13. The molecular formula is C24H26N2O2S. The van der Waals surface area contributed by atoms with Crippen molar-refractivity contribution in [3.8, 4) is 10.4 Å². The van der Waals surface area contributed by atoms with E-state index >= 15 is 0 Å². The Bertz CT molecular complexity index is 943. The van der Waals surface area contributed by atoms with Crippen molar-refractivity contribution >= 4 is 22.9 Å². The third kappa shape index (κ3) is 4.93. The molecule has 1 aliphatic rings. The molecule has 2 atom stereocenters. The van der Waals surface area contributed by atoms with Crippen molar-refractivity contribution in [2.24, 2.45) is 0 Å². The van der Waals surface area contributed by atoms with Crippen LogP contribution < -0.4 is 5.32 Å². The summed E-state index contributed by atoms with van der Waals surface area (Å²) < 4.78 is 5.80. The van der Waals surface area contributed by atoms with Crippen LogP contribution in [0, 0.1) is 0 Å². The average molecular weight is 407 g/mol. The highest BCUT2D eigenvalue weighted by atomic mass is 32.1. The largest absolute Gasteiger partial charge is 0.373 e. The number of thiophene rings is 1. The van der Waals surface area contributed by atoms with Gasteiger partial charge < -0.3 is 10.1 Å². The predicted octanol–water partition coefficient (Wildman–Crippen LogP) is 5.28. The lowest BCUT2D eigenvalue weighted by Gasteiger charge is -2.35. The number of hydrogen-bond donors (Lipinski definition) is 1. The smallest absolute Gasteiger partial charge is 0.255 e. The van der Waals surface area contributed by atoms with E-state index in [-0.39, 0.29) is 18.1 Å². The van der Waals surface area contributed by atoms with Gasteiger partial charge in [-0.05, 0) is 49.1 Å². The highest BCUT2D eigenvalue weighted by Gasteiger charge is 2.22. The number of carbonyl (C=O) groups excluding carboxylic acids is 1. The van der Waals surface area contributed by atoms with E-state index in [2.05, 4.69) is 30.1 Å². The van der Waals surface area contributed by atoms with E-state index in [0.29, 0.717) is 5.56 Å². The molecule has 29 heavy (non-hydrogen) atoms. The van der Waals surface area contributed by atoms with Gasteiger partial charge in [0.25, 0.3) is 5.91 Å². The second-order valence-electron chi connectivity index (χ2n) is 7.63. The molecule has 1 aliphatic heterocycles. The lowest BCUT2D eigenvalue weighted by atomic mass is 10.1. The summed E-state index contributed by atoms with van der Waals surface area (Å²) >= 11 is 1.67. The number of rotatable bonds is 5. The molecule has 1 N–H and O–H groups in total. The summed E-state index contributed by atoms with van der Waals surface area (Å²) in [6.07, 6.45) is 0.513. The van der Waals surface area contributed by atoms with E-state index < -0.39 is 0 Å². The molecule has 5 heteroatoms. The van der Waals surface area contributed by atoms with E-state index in [1.54, 1.807) is 11.3 Å². The van der Waals surface area contributed by atoms with E-state index in [4.69, 9.17) is 4.74 Å². The van der Waals surface area contributed by atoms with Gasteiger partial charge in [-0.15, -0.1) is 11.3 Å². The van der Waals surface area contributed by atoms with Gasteiger partial charge in [0.05, 0.1) is 12.2 Å². The first kappa shape index (κ1) is 19.8. The molecule has 2 aromatic carbocycles. The number of amides is 1. The summed E-state index contributed by atoms with van der Waals surface area (Å²) in [6, 6.07) is 19.9. The Labute approximate surface area is 176 Å². The summed E-state index contributed by atoms with van der Waals surface area (Å²) in [5.41, 5.74) is 3.75. The molecule has 4 nitrogen and oxygen atoms in total. The van der Waals surface area contributed by atoms with Gasteiger partial charge in [-0.2, -0.15) is 0 Å². The lowest BCUT2D eigenvalue weighted by molar-refractivity contribution is -0.0704. The van der Waals surface area contributed by atoms with Crippen LogP contribution in [-0.4, -0.2) is 36.1 Å². The Morgan fingerprint density at radius 2 is 1.76 bits per heavy atom. The molecule has 3 aromatic rings. The fourth-order valence-electron chi connectivity index (χ4n) is 3.87. The molecule has 2 heterocycles. The van der Waals surface area contributed by atoms with Crippen molar-refractivity contribution < 1.29 is 9.53 Å². The summed E-state index contributed by atoms with van der Waals surface area (Å²) in [4.78, 5) is 16.3. The topological polar surface area (TPSA) is 41.6 Å². The van der Waals surface area contributed by atoms with Gasteiger partial charge in [0.15, 0.2) is 0 Å². The second kappa shape index (κ2) is 8.91. The molecular weight excluding hydrogens is 380 g/mol. The number of ether oxygens (including phenoxy) is 1. The van der Waals surface area contributed by atoms with Gasteiger partial charge in [0.2, 0.25) is 0 Å². The van der Waals surface area contributed by atoms with Crippen molar-refractivity contribution in [1.29, 1.82) is 0 Å². The van der Waals surface area contributed by atoms with Crippen LogP contribution in [0.1, 0.15) is 29.8 Å². The molecule has 0 unspecified atom stereocenters. The second-order valence-corrected chi connectivity index (χ2v) is 8.57. The Hall–Kier alpha value is -2.47. The maximum absolute atomic E-state index is 12.8. The molecule has 0 aliphatic carbocycles. The molecule has 1 aromatic heterocycles. The predicted molar refractivity (Wildman–Crippen MR) is 119 cm³/mol. The average Bonchev–Trinajstić information content (AvgIpc) is 3.23. The number of hydrogen-bond acceptors (Lipinski definition) is 4. The van der Waals surface area contributed by atoms with E-state index in [1.807, 2.05) is 60.0 Å². The van der Waals surface area contributed by atoms with Gasteiger partial charge in [-0.25, -0.2) is 0 Å². The molecule has 0 radical (unpaired) electrons. The van der Waals surface area contributed by atoms with Crippen LogP contribution in [0.25, 0.3) is 10.4 Å². The van der Waals surface area contributed by atoms with Crippen LogP contribution in [0.2, 0.25) is 0 Å². The van der Waals surface area contributed by atoms with Crippen LogP contribution in [-0.2, 0) is 11.3 Å². The molecule has 0 saturated carbocycles. The molecule has 150 valence electrons. The van der Waals surface area contributed by atoms with Crippen molar-refractivity contribution in [1.82, 2.24) is 4.90 Å². The molecule has 1 fully saturated rings. The minimum absolute atomic E-state index is 0.0887.